The number of benzene rings is 1. The summed E-state index contributed by atoms with van der Waals surface area (Å²) >= 11 is 0. The van der Waals surface area contributed by atoms with Crippen LogP contribution in [-0.4, -0.2) is 19.6 Å². The molecule has 1 aliphatic rings. The van der Waals surface area contributed by atoms with Gasteiger partial charge in [0.15, 0.2) is 0 Å². The Balaban J connectivity index is 1.58. The van der Waals surface area contributed by atoms with Crippen molar-refractivity contribution < 1.29 is 0 Å². The molecule has 124 valence electrons. The van der Waals surface area contributed by atoms with Gasteiger partial charge >= 0.3 is 0 Å². The number of nitrogens with zero attached hydrogens (tertiary/aromatic N) is 4. The topological polar surface area (TPSA) is 55.1 Å². The van der Waals surface area contributed by atoms with Crippen LogP contribution in [0, 0.1) is 6.92 Å². The molecule has 3 aromatic rings. The van der Waals surface area contributed by atoms with Gasteiger partial charge in [0.25, 0.3) is 5.78 Å². The average Bonchev–Trinajstić information content (AvgIpc) is 3.17. The first-order valence-electron chi connectivity index (χ1n) is 8.69. The molecule has 0 bridgehead atoms. The van der Waals surface area contributed by atoms with Gasteiger partial charge in [0.2, 0.25) is 5.95 Å². The highest BCUT2D eigenvalue weighted by atomic mass is 15.4. The molecule has 0 amide bonds. The van der Waals surface area contributed by atoms with Crippen LogP contribution >= 0.6 is 0 Å². The van der Waals surface area contributed by atoms with Crippen molar-refractivity contribution in [1.82, 2.24) is 19.6 Å². The molecule has 0 atom stereocenters. The number of nitrogens with one attached hydrogen (secondary N) is 1. The van der Waals surface area contributed by atoms with Crippen LogP contribution in [-0.2, 0) is 19.4 Å². The fourth-order valence-electron chi connectivity index (χ4n) is 3.42. The summed E-state index contributed by atoms with van der Waals surface area (Å²) in [5, 5.41) is 7.94. The standard InChI is InChI=1S/C19H23N5/c1-12(2)17-9-13(3)21-19-22-18(23-24(17)19)20-11-14-7-8-15-5-4-6-16(15)10-14/h7-10,12H,4-6,11H2,1-3H3,(H,20,23). The molecule has 4 rings (SSSR count). The minimum absolute atomic E-state index is 0.375. The summed E-state index contributed by atoms with van der Waals surface area (Å²) in [4.78, 5) is 9.02. The van der Waals surface area contributed by atoms with Gasteiger partial charge in [-0.05, 0) is 54.9 Å². The van der Waals surface area contributed by atoms with Gasteiger partial charge in [0.1, 0.15) is 0 Å². The van der Waals surface area contributed by atoms with E-state index < -0.39 is 0 Å². The fourth-order valence-corrected chi connectivity index (χ4v) is 3.42. The average molecular weight is 321 g/mol. The van der Waals surface area contributed by atoms with Crippen LogP contribution in [0.1, 0.15) is 54.3 Å². The Labute approximate surface area is 142 Å². The van der Waals surface area contributed by atoms with Gasteiger partial charge in [0.05, 0.1) is 5.69 Å². The molecule has 0 radical (unpaired) electrons. The predicted octanol–water partition coefficient (Wildman–Crippen LogP) is 3.66. The van der Waals surface area contributed by atoms with Crippen molar-refractivity contribution in [3.8, 4) is 0 Å². The van der Waals surface area contributed by atoms with E-state index >= 15 is 0 Å². The molecule has 1 aliphatic carbocycles. The zero-order chi connectivity index (χ0) is 16.7. The first-order valence-corrected chi connectivity index (χ1v) is 8.69. The Bertz CT molecular complexity index is 894. The van der Waals surface area contributed by atoms with Gasteiger partial charge in [-0.25, -0.2) is 4.98 Å². The van der Waals surface area contributed by atoms with E-state index in [2.05, 4.69) is 58.5 Å². The minimum atomic E-state index is 0.375. The first-order chi connectivity index (χ1) is 11.6. The van der Waals surface area contributed by atoms with Gasteiger partial charge < -0.3 is 5.32 Å². The molecule has 0 aliphatic heterocycles. The third-order valence-corrected chi connectivity index (χ3v) is 4.67. The largest absolute Gasteiger partial charge is 0.349 e. The van der Waals surface area contributed by atoms with Crippen molar-refractivity contribution in [3.05, 3.63) is 52.3 Å². The first kappa shape index (κ1) is 15.1. The molecule has 2 heterocycles. The molecule has 1 N–H and O–H groups in total. The summed E-state index contributed by atoms with van der Waals surface area (Å²) in [5.41, 5.74) is 6.39. The number of rotatable bonds is 4. The zero-order valence-electron chi connectivity index (χ0n) is 14.5. The molecule has 0 unspecified atom stereocenters. The van der Waals surface area contributed by atoms with Crippen LogP contribution in [0.3, 0.4) is 0 Å². The van der Waals surface area contributed by atoms with E-state index in [9.17, 15) is 0 Å². The molecular weight excluding hydrogens is 298 g/mol. The molecule has 1 aromatic carbocycles. The molecule has 0 saturated heterocycles. The lowest BCUT2D eigenvalue weighted by Gasteiger charge is -2.07. The van der Waals surface area contributed by atoms with Crippen LogP contribution in [0.25, 0.3) is 5.78 Å². The van der Waals surface area contributed by atoms with E-state index in [1.807, 2.05) is 11.4 Å². The SMILES string of the molecule is Cc1cc(C(C)C)n2nc(NCc3ccc4c(c3)CCC4)nc2n1. The second-order valence-electron chi connectivity index (χ2n) is 6.93. The molecule has 5 heteroatoms. The summed E-state index contributed by atoms with van der Waals surface area (Å²) in [5.74, 6) is 1.67. The fraction of sp³-hybridized carbons (Fsp3) is 0.421. The predicted molar refractivity (Wildman–Crippen MR) is 95.4 cm³/mol. The van der Waals surface area contributed by atoms with Gasteiger partial charge in [-0.1, -0.05) is 32.0 Å². The van der Waals surface area contributed by atoms with Crippen molar-refractivity contribution in [2.45, 2.75) is 52.5 Å². The molecule has 0 fully saturated rings. The van der Waals surface area contributed by atoms with E-state index in [1.54, 1.807) is 0 Å². The maximum absolute atomic E-state index is 4.59. The smallest absolute Gasteiger partial charge is 0.254 e. The van der Waals surface area contributed by atoms with Crippen molar-refractivity contribution in [2.24, 2.45) is 0 Å². The monoisotopic (exact) mass is 321 g/mol. The summed E-state index contributed by atoms with van der Waals surface area (Å²) in [7, 11) is 0. The molecule has 24 heavy (non-hydrogen) atoms. The zero-order valence-corrected chi connectivity index (χ0v) is 14.5. The maximum Gasteiger partial charge on any atom is 0.254 e. The van der Waals surface area contributed by atoms with Crippen molar-refractivity contribution in [2.75, 3.05) is 5.32 Å². The van der Waals surface area contributed by atoms with Crippen molar-refractivity contribution in [3.63, 3.8) is 0 Å². The quantitative estimate of drug-likeness (QED) is 0.797. The Morgan fingerprint density at radius 1 is 1.12 bits per heavy atom. The Kier molecular flexibility index (Phi) is 3.71. The molecule has 0 spiro atoms. The highest BCUT2D eigenvalue weighted by Crippen LogP contribution is 2.23. The summed E-state index contributed by atoms with van der Waals surface area (Å²) in [6, 6.07) is 8.86. The van der Waals surface area contributed by atoms with E-state index in [4.69, 9.17) is 0 Å². The van der Waals surface area contributed by atoms with Crippen LogP contribution in [0.5, 0.6) is 0 Å². The lowest BCUT2D eigenvalue weighted by Crippen LogP contribution is -2.04. The Morgan fingerprint density at radius 2 is 1.96 bits per heavy atom. The molecule has 5 nitrogen and oxygen atoms in total. The lowest BCUT2D eigenvalue weighted by atomic mass is 10.1. The van der Waals surface area contributed by atoms with Crippen molar-refractivity contribution in [1.29, 1.82) is 0 Å². The number of aryl methyl sites for hydroxylation is 3. The minimum Gasteiger partial charge on any atom is -0.349 e. The van der Waals surface area contributed by atoms with Crippen LogP contribution < -0.4 is 5.32 Å². The summed E-state index contributed by atoms with van der Waals surface area (Å²) in [6.45, 7) is 7.05. The second kappa shape index (κ2) is 5.89. The van der Waals surface area contributed by atoms with Crippen LogP contribution in [0.15, 0.2) is 24.3 Å². The number of fused-ring (bicyclic) bond motifs is 2. The third kappa shape index (κ3) is 2.75. The highest BCUT2D eigenvalue weighted by Gasteiger charge is 2.13. The number of anilines is 1. The van der Waals surface area contributed by atoms with Gasteiger partial charge in [-0.2, -0.15) is 9.50 Å². The second-order valence-corrected chi connectivity index (χ2v) is 6.93. The van der Waals surface area contributed by atoms with E-state index in [0.29, 0.717) is 17.6 Å². The number of hydrogen-bond donors (Lipinski definition) is 1. The third-order valence-electron chi connectivity index (χ3n) is 4.67. The normalized spacial score (nSPS) is 13.7. The highest BCUT2D eigenvalue weighted by molar-refractivity contribution is 5.41. The van der Waals surface area contributed by atoms with Crippen molar-refractivity contribution >= 4 is 11.7 Å². The number of hydrogen-bond acceptors (Lipinski definition) is 4. The molecular formula is C19H23N5. The van der Waals surface area contributed by atoms with Crippen LogP contribution in [0.4, 0.5) is 5.95 Å². The van der Waals surface area contributed by atoms with E-state index in [-0.39, 0.29) is 0 Å². The lowest BCUT2D eigenvalue weighted by molar-refractivity contribution is 0.745. The van der Waals surface area contributed by atoms with Gasteiger partial charge in [-0.3, -0.25) is 0 Å². The number of aromatic nitrogens is 4. The molecule has 2 aromatic heterocycles. The van der Waals surface area contributed by atoms with Gasteiger partial charge in [-0.15, -0.1) is 5.10 Å². The summed E-state index contributed by atoms with van der Waals surface area (Å²) in [6.07, 6.45) is 3.71. The van der Waals surface area contributed by atoms with E-state index in [1.165, 1.54) is 36.0 Å². The maximum atomic E-state index is 4.59. The Hall–Kier alpha value is -2.43. The summed E-state index contributed by atoms with van der Waals surface area (Å²) < 4.78 is 1.85. The van der Waals surface area contributed by atoms with Gasteiger partial charge in [0, 0.05) is 12.2 Å². The van der Waals surface area contributed by atoms with Crippen LogP contribution in [0.2, 0.25) is 0 Å². The van der Waals surface area contributed by atoms with E-state index in [0.717, 1.165) is 17.9 Å². The molecule has 0 saturated carbocycles. The Morgan fingerprint density at radius 3 is 2.79 bits per heavy atom.